The van der Waals surface area contributed by atoms with Crippen LogP contribution in [0.2, 0.25) is 0 Å². The number of alkyl halides is 1. The Kier molecular flexibility index (Phi) is 2.23. The van der Waals surface area contributed by atoms with Crippen molar-refractivity contribution in [3.8, 4) is 0 Å². The third-order valence-electron chi connectivity index (χ3n) is 3.15. The van der Waals surface area contributed by atoms with Gasteiger partial charge in [-0.3, -0.25) is 9.69 Å². The highest BCUT2D eigenvalue weighted by molar-refractivity contribution is 5.82. The highest BCUT2D eigenvalue weighted by Gasteiger charge is 2.57. The van der Waals surface area contributed by atoms with Crippen LogP contribution in [0, 0.1) is 0 Å². The van der Waals surface area contributed by atoms with Gasteiger partial charge in [0.1, 0.15) is 11.7 Å². The van der Waals surface area contributed by atoms with Gasteiger partial charge in [-0.2, -0.15) is 0 Å². The Labute approximate surface area is 81.6 Å². The molecule has 1 N–H and O–H groups in total. The highest BCUT2D eigenvalue weighted by atomic mass is 19.1. The molecule has 2 aliphatic heterocycles. The van der Waals surface area contributed by atoms with Gasteiger partial charge in [0.25, 0.3) is 0 Å². The van der Waals surface area contributed by atoms with Crippen molar-refractivity contribution < 1.29 is 19.0 Å². The van der Waals surface area contributed by atoms with E-state index in [1.54, 1.807) is 4.90 Å². The van der Waals surface area contributed by atoms with Gasteiger partial charge in [0, 0.05) is 25.9 Å². The van der Waals surface area contributed by atoms with Gasteiger partial charge in [0.2, 0.25) is 0 Å². The molecule has 2 fully saturated rings. The summed E-state index contributed by atoms with van der Waals surface area (Å²) in [5.41, 5.74) is -0.895. The summed E-state index contributed by atoms with van der Waals surface area (Å²) >= 11 is 0. The molecule has 0 saturated carbocycles. The number of methoxy groups -OCH3 is 1. The minimum atomic E-state index is -0.985. The van der Waals surface area contributed by atoms with Gasteiger partial charge in [0.15, 0.2) is 0 Å². The number of aliphatic hydroxyl groups excluding tert-OH is 1. The summed E-state index contributed by atoms with van der Waals surface area (Å²) in [5, 5.41) is 9.46. The van der Waals surface area contributed by atoms with Gasteiger partial charge >= 0.3 is 5.97 Å². The van der Waals surface area contributed by atoms with Crippen molar-refractivity contribution in [2.75, 3.05) is 20.2 Å². The summed E-state index contributed by atoms with van der Waals surface area (Å²) in [7, 11) is 1.30. The third-order valence-corrected chi connectivity index (χ3v) is 3.15. The van der Waals surface area contributed by atoms with E-state index < -0.39 is 23.8 Å². The lowest BCUT2D eigenvalue weighted by Gasteiger charge is -2.27. The fourth-order valence-corrected chi connectivity index (χ4v) is 2.63. The normalized spacial score (nSPS) is 42.5. The van der Waals surface area contributed by atoms with Crippen LogP contribution in [0.25, 0.3) is 0 Å². The second-order valence-electron chi connectivity index (χ2n) is 4.09. The Morgan fingerprint density at radius 3 is 2.93 bits per heavy atom. The predicted molar refractivity (Wildman–Crippen MR) is 46.5 cm³/mol. The lowest BCUT2D eigenvalue weighted by atomic mass is 9.93. The minimum Gasteiger partial charge on any atom is -0.468 e. The fourth-order valence-electron chi connectivity index (χ4n) is 2.63. The predicted octanol–water partition coefficient (Wildman–Crippen LogP) is -0.293. The van der Waals surface area contributed by atoms with Gasteiger partial charge in [-0.05, 0) is 0 Å². The average Bonchev–Trinajstić information content (AvgIpc) is 2.55. The van der Waals surface area contributed by atoms with Crippen LogP contribution in [0.1, 0.15) is 12.8 Å². The number of nitrogens with zero attached hydrogens (tertiary/aromatic N) is 1. The Balaban J connectivity index is 2.24. The van der Waals surface area contributed by atoms with E-state index in [-0.39, 0.29) is 13.0 Å². The molecule has 2 saturated heterocycles. The maximum Gasteiger partial charge on any atom is 0.326 e. The topological polar surface area (TPSA) is 49.8 Å². The van der Waals surface area contributed by atoms with Crippen molar-refractivity contribution in [1.82, 2.24) is 4.90 Å². The van der Waals surface area contributed by atoms with Crippen LogP contribution in [0.3, 0.4) is 0 Å². The van der Waals surface area contributed by atoms with Crippen molar-refractivity contribution in [2.24, 2.45) is 0 Å². The Bertz CT molecular complexity index is 244. The maximum atomic E-state index is 13.2. The van der Waals surface area contributed by atoms with E-state index in [1.807, 2.05) is 0 Å². The van der Waals surface area contributed by atoms with Crippen LogP contribution < -0.4 is 0 Å². The van der Waals surface area contributed by atoms with E-state index in [4.69, 9.17) is 0 Å². The number of carbonyl (C=O) groups is 1. The van der Waals surface area contributed by atoms with Crippen molar-refractivity contribution >= 4 is 5.97 Å². The Morgan fingerprint density at radius 2 is 2.29 bits per heavy atom. The molecule has 0 bridgehead atoms. The first-order valence-corrected chi connectivity index (χ1v) is 4.74. The van der Waals surface area contributed by atoms with Gasteiger partial charge in [0.05, 0.1) is 13.2 Å². The van der Waals surface area contributed by atoms with Crippen LogP contribution in [0.5, 0.6) is 0 Å². The number of aliphatic hydroxyl groups is 1. The molecule has 0 aliphatic carbocycles. The molecule has 5 heteroatoms. The van der Waals surface area contributed by atoms with Crippen LogP contribution in [-0.2, 0) is 9.53 Å². The molecule has 14 heavy (non-hydrogen) atoms. The lowest BCUT2D eigenvalue weighted by Crippen LogP contribution is -2.46. The summed E-state index contributed by atoms with van der Waals surface area (Å²) in [6.07, 6.45) is -1.08. The molecule has 0 aromatic heterocycles. The first kappa shape index (κ1) is 9.86. The number of esters is 1. The van der Waals surface area contributed by atoms with Gasteiger partial charge in [-0.25, -0.2) is 4.39 Å². The first-order chi connectivity index (χ1) is 6.58. The molecule has 0 amide bonds. The number of hydrogen-bond acceptors (Lipinski definition) is 4. The zero-order valence-electron chi connectivity index (χ0n) is 8.07. The number of ether oxygens (including phenoxy) is 1. The lowest BCUT2D eigenvalue weighted by molar-refractivity contribution is -0.152. The summed E-state index contributed by atoms with van der Waals surface area (Å²) in [6.45, 7) is 0.599. The summed E-state index contributed by atoms with van der Waals surface area (Å²) in [5.74, 6) is -0.422. The standard InChI is InChI=1S/C9H14FNO3/c1-14-8(13)9-2-6(10)4-11(9)5-7(12)3-9/h6-7,12H,2-5H2,1H3/t6-,7?,9+/m1/s1. The van der Waals surface area contributed by atoms with Crippen molar-refractivity contribution in [1.29, 1.82) is 0 Å². The molecule has 2 heterocycles. The highest BCUT2D eigenvalue weighted by Crippen LogP contribution is 2.40. The Morgan fingerprint density at radius 1 is 1.57 bits per heavy atom. The molecular formula is C9H14FNO3. The number of fused-ring (bicyclic) bond motifs is 1. The van der Waals surface area contributed by atoms with E-state index in [2.05, 4.69) is 4.74 Å². The van der Waals surface area contributed by atoms with E-state index in [0.717, 1.165) is 0 Å². The molecule has 0 spiro atoms. The SMILES string of the molecule is COC(=O)[C@]12CC(O)CN1C[C@H](F)C2. The molecular weight excluding hydrogens is 189 g/mol. The van der Waals surface area contributed by atoms with Crippen LogP contribution in [0.4, 0.5) is 4.39 Å². The van der Waals surface area contributed by atoms with Crippen molar-refractivity contribution in [3.63, 3.8) is 0 Å². The number of carbonyl (C=O) groups excluding carboxylic acids is 1. The molecule has 0 radical (unpaired) electrons. The zero-order valence-corrected chi connectivity index (χ0v) is 8.07. The number of halogens is 1. The third kappa shape index (κ3) is 1.23. The van der Waals surface area contributed by atoms with Gasteiger partial charge in [-0.1, -0.05) is 0 Å². The molecule has 80 valence electrons. The summed E-state index contributed by atoms with van der Waals surface area (Å²) < 4.78 is 17.9. The monoisotopic (exact) mass is 203 g/mol. The van der Waals surface area contributed by atoms with Gasteiger partial charge in [-0.15, -0.1) is 0 Å². The smallest absolute Gasteiger partial charge is 0.326 e. The van der Waals surface area contributed by atoms with Crippen LogP contribution in [-0.4, -0.2) is 54.0 Å². The molecule has 0 aromatic carbocycles. The second-order valence-corrected chi connectivity index (χ2v) is 4.09. The zero-order chi connectivity index (χ0) is 10.3. The van der Waals surface area contributed by atoms with Crippen LogP contribution >= 0.6 is 0 Å². The van der Waals surface area contributed by atoms with E-state index >= 15 is 0 Å². The molecule has 0 aromatic rings. The molecule has 2 rings (SSSR count). The quantitative estimate of drug-likeness (QED) is 0.595. The van der Waals surface area contributed by atoms with Crippen LogP contribution in [0.15, 0.2) is 0 Å². The largest absolute Gasteiger partial charge is 0.468 e. The first-order valence-electron chi connectivity index (χ1n) is 4.74. The maximum absolute atomic E-state index is 13.2. The molecule has 1 unspecified atom stereocenters. The van der Waals surface area contributed by atoms with E-state index in [1.165, 1.54) is 7.11 Å². The second kappa shape index (κ2) is 3.17. The number of rotatable bonds is 1. The summed E-state index contributed by atoms with van der Waals surface area (Å²) in [4.78, 5) is 13.3. The molecule has 2 aliphatic rings. The number of hydrogen-bond donors (Lipinski definition) is 1. The minimum absolute atomic E-state index is 0.150. The number of β-amino-alcohol motifs (C(OH)–C–C–N with tert-alkyl or cyclic N) is 1. The summed E-state index contributed by atoms with van der Waals surface area (Å²) in [6, 6.07) is 0. The molecule has 3 atom stereocenters. The Hall–Kier alpha value is -0.680. The van der Waals surface area contributed by atoms with E-state index in [9.17, 15) is 14.3 Å². The molecule has 4 nitrogen and oxygen atoms in total. The van der Waals surface area contributed by atoms with E-state index in [0.29, 0.717) is 13.0 Å². The average molecular weight is 203 g/mol. The fraction of sp³-hybridized carbons (Fsp3) is 0.889. The van der Waals surface area contributed by atoms with Gasteiger partial charge < -0.3 is 9.84 Å². The van der Waals surface area contributed by atoms with Crippen molar-refractivity contribution in [3.05, 3.63) is 0 Å². The van der Waals surface area contributed by atoms with Crippen molar-refractivity contribution in [2.45, 2.75) is 30.7 Å².